The molecule has 9 heteroatoms. The van der Waals surface area contributed by atoms with E-state index in [1.54, 1.807) is 12.4 Å². The van der Waals surface area contributed by atoms with Crippen molar-refractivity contribution in [3.05, 3.63) is 11.8 Å². The first-order valence-corrected chi connectivity index (χ1v) is 6.07. The van der Waals surface area contributed by atoms with Crippen molar-refractivity contribution < 1.29 is 4.79 Å². The van der Waals surface area contributed by atoms with Crippen molar-refractivity contribution in [2.75, 3.05) is 16.0 Å². The largest absolute Gasteiger partial charge is 0.357 e. The Morgan fingerprint density at radius 3 is 3.11 bits per heavy atom. The molecule has 1 atom stereocenters. The van der Waals surface area contributed by atoms with Gasteiger partial charge in [-0.3, -0.25) is 4.79 Å². The van der Waals surface area contributed by atoms with Crippen LogP contribution in [0.3, 0.4) is 0 Å². The Kier molecular flexibility index (Phi) is 2.52. The molecule has 1 unspecified atom stereocenters. The lowest BCUT2D eigenvalue weighted by atomic mass is 10.2. The van der Waals surface area contributed by atoms with Crippen LogP contribution in [0, 0.1) is 0 Å². The lowest BCUT2D eigenvalue weighted by molar-refractivity contribution is -0.116. The van der Waals surface area contributed by atoms with E-state index in [1.807, 2.05) is 0 Å². The van der Waals surface area contributed by atoms with E-state index in [4.69, 9.17) is 0 Å². The Balaban J connectivity index is 1.97. The highest BCUT2D eigenvalue weighted by atomic mass is 32.1. The third-order valence-corrected chi connectivity index (χ3v) is 3.03. The predicted octanol–water partition coefficient (Wildman–Crippen LogP) is 0.824. The number of rotatable bonds is 2. The number of hydrogen-bond donors (Lipinski definition) is 3. The predicted molar refractivity (Wildman–Crippen MR) is 66.9 cm³/mol. The second kappa shape index (κ2) is 4.18. The van der Waals surface area contributed by atoms with Gasteiger partial charge in [0.15, 0.2) is 11.6 Å². The first-order valence-electron chi connectivity index (χ1n) is 5.19. The van der Waals surface area contributed by atoms with E-state index in [0.717, 1.165) is 0 Å². The topological polar surface area (TPSA) is 105 Å². The van der Waals surface area contributed by atoms with Gasteiger partial charge in [0.25, 0.3) is 0 Å². The second-order valence-electron chi connectivity index (χ2n) is 3.67. The number of nitrogens with zero attached hydrogens (tertiary/aromatic N) is 4. The zero-order valence-corrected chi connectivity index (χ0v) is 10.2. The Morgan fingerprint density at radius 2 is 2.33 bits per heavy atom. The van der Waals surface area contributed by atoms with Gasteiger partial charge >= 0.3 is 0 Å². The molecule has 1 aliphatic heterocycles. The Bertz CT molecular complexity index is 585. The quantitative estimate of drug-likeness (QED) is 0.736. The van der Waals surface area contributed by atoms with E-state index in [-0.39, 0.29) is 11.9 Å². The minimum Gasteiger partial charge on any atom is -0.357 e. The van der Waals surface area contributed by atoms with Crippen molar-refractivity contribution in [1.82, 2.24) is 20.2 Å². The van der Waals surface area contributed by atoms with Gasteiger partial charge in [-0.25, -0.2) is 9.97 Å². The summed E-state index contributed by atoms with van der Waals surface area (Å²) in [4.78, 5) is 19.8. The fourth-order valence-electron chi connectivity index (χ4n) is 1.54. The fraction of sp³-hybridized carbons (Fsp3) is 0.222. The molecule has 0 aliphatic carbocycles. The summed E-state index contributed by atoms with van der Waals surface area (Å²) in [6, 6.07) is -0.318. The van der Waals surface area contributed by atoms with E-state index >= 15 is 0 Å². The molecule has 0 radical (unpaired) electrons. The minimum absolute atomic E-state index is 0.127. The molecule has 3 N–H and O–H groups in total. The number of nitrogens with one attached hydrogen (secondary N) is 3. The molecule has 1 amide bonds. The SMILES string of the molecule is CC1Nc2ncnc(Nc3nncs3)c2NC1=O. The minimum atomic E-state index is -0.318. The maximum absolute atomic E-state index is 11.6. The summed E-state index contributed by atoms with van der Waals surface area (Å²) in [7, 11) is 0. The van der Waals surface area contributed by atoms with Crippen LogP contribution in [0.5, 0.6) is 0 Å². The van der Waals surface area contributed by atoms with Crippen LogP contribution < -0.4 is 16.0 Å². The molecule has 18 heavy (non-hydrogen) atoms. The van der Waals surface area contributed by atoms with E-state index in [0.29, 0.717) is 22.5 Å². The van der Waals surface area contributed by atoms with Crippen LogP contribution in [-0.4, -0.2) is 32.1 Å². The fourth-order valence-corrected chi connectivity index (χ4v) is 1.98. The van der Waals surface area contributed by atoms with Crippen LogP contribution in [0.2, 0.25) is 0 Å². The summed E-state index contributed by atoms with van der Waals surface area (Å²) < 4.78 is 0. The van der Waals surface area contributed by atoms with Crippen molar-refractivity contribution >= 4 is 39.7 Å². The van der Waals surface area contributed by atoms with Gasteiger partial charge < -0.3 is 16.0 Å². The van der Waals surface area contributed by atoms with Gasteiger partial charge in [0.2, 0.25) is 11.0 Å². The number of anilines is 4. The summed E-state index contributed by atoms with van der Waals surface area (Å²) in [5, 5.41) is 16.9. The van der Waals surface area contributed by atoms with Gasteiger partial charge in [-0.15, -0.1) is 10.2 Å². The van der Waals surface area contributed by atoms with E-state index in [9.17, 15) is 4.79 Å². The van der Waals surface area contributed by atoms with Crippen LogP contribution in [0.25, 0.3) is 0 Å². The first kappa shape index (κ1) is 10.8. The molecule has 0 bridgehead atoms. The number of carbonyl (C=O) groups excluding carboxylic acids is 1. The van der Waals surface area contributed by atoms with Crippen molar-refractivity contribution in [1.29, 1.82) is 0 Å². The average Bonchev–Trinajstić information content (AvgIpc) is 2.84. The third kappa shape index (κ3) is 1.84. The second-order valence-corrected chi connectivity index (χ2v) is 4.50. The summed E-state index contributed by atoms with van der Waals surface area (Å²) >= 11 is 1.34. The van der Waals surface area contributed by atoms with Crippen molar-refractivity contribution in [3.63, 3.8) is 0 Å². The van der Waals surface area contributed by atoms with Crippen molar-refractivity contribution in [2.24, 2.45) is 0 Å². The molecule has 2 aromatic rings. The molecule has 0 saturated heterocycles. The van der Waals surface area contributed by atoms with E-state index in [1.165, 1.54) is 17.7 Å². The van der Waals surface area contributed by atoms with Crippen LogP contribution in [0.15, 0.2) is 11.8 Å². The van der Waals surface area contributed by atoms with Crippen LogP contribution in [0.4, 0.5) is 22.5 Å². The van der Waals surface area contributed by atoms with Gasteiger partial charge in [-0.05, 0) is 6.92 Å². The molecule has 3 rings (SSSR count). The molecule has 0 saturated carbocycles. The number of aromatic nitrogens is 4. The molecule has 0 fully saturated rings. The summed E-state index contributed by atoms with van der Waals surface area (Å²) in [5.41, 5.74) is 2.13. The molecule has 0 spiro atoms. The third-order valence-electron chi connectivity index (χ3n) is 2.43. The van der Waals surface area contributed by atoms with Gasteiger partial charge in [0, 0.05) is 0 Å². The monoisotopic (exact) mass is 263 g/mol. The maximum Gasteiger partial charge on any atom is 0.246 e. The molecule has 92 valence electrons. The smallest absolute Gasteiger partial charge is 0.246 e. The molecule has 0 aromatic carbocycles. The zero-order valence-electron chi connectivity index (χ0n) is 9.34. The van der Waals surface area contributed by atoms with Crippen LogP contribution in [0.1, 0.15) is 6.92 Å². The highest BCUT2D eigenvalue weighted by molar-refractivity contribution is 7.13. The molecular weight excluding hydrogens is 254 g/mol. The molecule has 2 aromatic heterocycles. The van der Waals surface area contributed by atoms with Crippen LogP contribution >= 0.6 is 11.3 Å². The lowest BCUT2D eigenvalue weighted by Gasteiger charge is -2.24. The van der Waals surface area contributed by atoms with Gasteiger partial charge in [-0.2, -0.15) is 0 Å². The normalized spacial score (nSPS) is 17.6. The van der Waals surface area contributed by atoms with Crippen molar-refractivity contribution in [3.8, 4) is 0 Å². The number of amides is 1. The average molecular weight is 263 g/mol. The maximum atomic E-state index is 11.6. The molecule has 1 aliphatic rings. The Hall–Kier alpha value is -2.29. The van der Waals surface area contributed by atoms with Crippen molar-refractivity contribution in [2.45, 2.75) is 13.0 Å². The number of fused-ring (bicyclic) bond motifs is 1. The molecular formula is C9H9N7OS. The molecule has 3 heterocycles. The highest BCUT2D eigenvalue weighted by Crippen LogP contribution is 2.32. The summed E-state index contributed by atoms with van der Waals surface area (Å²) in [6.45, 7) is 1.76. The first-order chi connectivity index (χ1) is 8.74. The van der Waals surface area contributed by atoms with Crippen LogP contribution in [-0.2, 0) is 4.79 Å². The number of hydrogen-bond acceptors (Lipinski definition) is 8. The standard InChI is InChI=1S/C9H9N7OS/c1-4-8(17)14-5-6(13-4)10-2-11-7(5)15-9-16-12-3-18-9/h2-4H,1H3,(H,14,17)(H2,10,11,13,15,16). The summed E-state index contributed by atoms with van der Waals surface area (Å²) in [6.07, 6.45) is 1.42. The Labute approximate surface area is 106 Å². The highest BCUT2D eigenvalue weighted by Gasteiger charge is 2.25. The van der Waals surface area contributed by atoms with Gasteiger partial charge in [0.1, 0.15) is 23.6 Å². The van der Waals surface area contributed by atoms with E-state index in [2.05, 4.69) is 36.1 Å². The molecule has 8 nitrogen and oxygen atoms in total. The van der Waals surface area contributed by atoms with Gasteiger partial charge in [0.05, 0.1) is 0 Å². The van der Waals surface area contributed by atoms with Gasteiger partial charge in [-0.1, -0.05) is 11.3 Å². The Morgan fingerprint density at radius 1 is 1.44 bits per heavy atom. The number of carbonyl (C=O) groups is 1. The zero-order chi connectivity index (χ0) is 12.5. The lowest BCUT2D eigenvalue weighted by Crippen LogP contribution is -2.37. The van der Waals surface area contributed by atoms with E-state index < -0.39 is 0 Å². The summed E-state index contributed by atoms with van der Waals surface area (Å²) in [5.74, 6) is 0.950.